The molecule has 0 N–H and O–H groups in total. The van der Waals surface area contributed by atoms with Crippen molar-refractivity contribution in [2.75, 3.05) is 13.1 Å². The van der Waals surface area contributed by atoms with E-state index in [0.717, 1.165) is 43.1 Å². The molecule has 1 aliphatic rings. The highest BCUT2D eigenvalue weighted by Gasteiger charge is 2.28. The maximum absolute atomic E-state index is 5.48. The van der Waals surface area contributed by atoms with E-state index in [9.17, 15) is 0 Å². The van der Waals surface area contributed by atoms with E-state index in [1.54, 1.807) is 12.4 Å². The van der Waals surface area contributed by atoms with Crippen molar-refractivity contribution < 1.29 is 4.52 Å². The third kappa shape index (κ3) is 3.16. The first-order valence-electron chi connectivity index (χ1n) is 8.03. The summed E-state index contributed by atoms with van der Waals surface area (Å²) >= 11 is 0. The summed E-state index contributed by atoms with van der Waals surface area (Å²) in [5.74, 6) is 2.38. The Kier molecular flexibility index (Phi) is 4.00. The lowest BCUT2D eigenvalue weighted by Gasteiger charge is -2.14. The van der Waals surface area contributed by atoms with E-state index in [1.807, 2.05) is 31.3 Å². The first-order valence-corrected chi connectivity index (χ1v) is 8.03. The maximum atomic E-state index is 5.48. The zero-order valence-corrected chi connectivity index (χ0v) is 13.5. The van der Waals surface area contributed by atoms with E-state index in [2.05, 4.69) is 30.0 Å². The van der Waals surface area contributed by atoms with Crippen LogP contribution in [0.5, 0.6) is 0 Å². The summed E-state index contributed by atoms with van der Waals surface area (Å²) < 4.78 is 5.48. The Morgan fingerprint density at radius 3 is 3.04 bits per heavy atom. The quantitative estimate of drug-likeness (QED) is 0.728. The Morgan fingerprint density at radius 1 is 1.25 bits per heavy atom. The monoisotopic (exact) mass is 322 g/mol. The highest BCUT2D eigenvalue weighted by molar-refractivity contribution is 5.51. The van der Waals surface area contributed by atoms with Gasteiger partial charge in [-0.25, -0.2) is 9.97 Å². The van der Waals surface area contributed by atoms with Gasteiger partial charge < -0.3 is 4.52 Å². The van der Waals surface area contributed by atoms with E-state index in [0.29, 0.717) is 11.7 Å². The van der Waals surface area contributed by atoms with Crippen LogP contribution in [0.1, 0.15) is 29.7 Å². The fourth-order valence-corrected chi connectivity index (χ4v) is 3.01. The smallest absolute Gasteiger partial charge is 0.231 e. The summed E-state index contributed by atoms with van der Waals surface area (Å²) in [5, 5.41) is 4.09. The van der Waals surface area contributed by atoms with Crippen LogP contribution in [0, 0.1) is 6.92 Å². The number of nitrogens with zero attached hydrogens (tertiary/aromatic N) is 6. The van der Waals surface area contributed by atoms with Crippen LogP contribution in [0.2, 0.25) is 0 Å². The zero-order valence-electron chi connectivity index (χ0n) is 13.5. The van der Waals surface area contributed by atoms with Gasteiger partial charge in [-0.05, 0) is 38.1 Å². The summed E-state index contributed by atoms with van der Waals surface area (Å²) in [6.45, 7) is 4.63. The third-order valence-electron chi connectivity index (χ3n) is 4.20. The average Bonchev–Trinajstić information content (AvgIpc) is 3.25. The molecule has 0 spiro atoms. The standard InChI is InChI=1S/C17H18N6O/c1-12-19-7-4-15(20-12)11-23-8-5-14(10-23)17-21-16(22-24-17)13-3-2-6-18-9-13/h2-4,6-7,9,14H,5,8,10-11H2,1H3/t14-/m0/s1. The number of pyridine rings is 1. The summed E-state index contributed by atoms with van der Waals surface area (Å²) in [6.07, 6.45) is 6.29. The molecule has 0 amide bonds. The molecule has 4 rings (SSSR count). The van der Waals surface area contributed by atoms with Gasteiger partial charge in [-0.2, -0.15) is 4.98 Å². The normalized spacial score (nSPS) is 18.1. The Hall–Kier alpha value is -2.67. The Bertz CT molecular complexity index is 819. The summed E-state index contributed by atoms with van der Waals surface area (Å²) in [6, 6.07) is 5.76. The van der Waals surface area contributed by atoms with Gasteiger partial charge in [0.05, 0.1) is 11.6 Å². The van der Waals surface area contributed by atoms with Gasteiger partial charge in [-0.3, -0.25) is 9.88 Å². The van der Waals surface area contributed by atoms with Crippen LogP contribution >= 0.6 is 0 Å². The van der Waals surface area contributed by atoms with Crippen LogP contribution in [-0.2, 0) is 6.54 Å². The van der Waals surface area contributed by atoms with Gasteiger partial charge in [0.2, 0.25) is 11.7 Å². The van der Waals surface area contributed by atoms with E-state index in [4.69, 9.17) is 4.52 Å². The summed E-state index contributed by atoms with van der Waals surface area (Å²) in [7, 11) is 0. The molecule has 0 aromatic carbocycles. The van der Waals surface area contributed by atoms with Crippen molar-refractivity contribution in [3.63, 3.8) is 0 Å². The summed E-state index contributed by atoms with van der Waals surface area (Å²) in [4.78, 5) is 19.6. The molecule has 1 aliphatic heterocycles. The predicted octanol–water partition coefficient (Wildman–Crippen LogP) is 2.22. The largest absolute Gasteiger partial charge is 0.339 e. The van der Waals surface area contributed by atoms with Crippen LogP contribution in [0.3, 0.4) is 0 Å². The van der Waals surface area contributed by atoms with Gasteiger partial charge in [0.1, 0.15) is 5.82 Å². The molecule has 0 bridgehead atoms. The van der Waals surface area contributed by atoms with Gasteiger partial charge in [-0.1, -0.05) is 5.16 Å². The van der Waals surface area contributed by atoms with Crippen molar-refractivity contribution in [2.45, 2.75) is 25.8 Å². The minimum atomic E-state index is 0.269. The van der Waals surface area contributed by atoms with Gasteiger partial charge in [0.15, 0.2) is 0 Å². The van der Waals surface area contributed by atoms with E-state index in [1.165, 1.54) is 0 Å². The van der Waals surface area contributed by atoms with E-state index < -0.39 is 0 Å². The molecule has 122 valence electrons. The highest BCUT2D eigenvalue weighted by Crippen LogP contribution is 2.28. The Morgan fingerprint density at radius 2 is 2.21 bits per heavy atom. The molecule has 1 fully saturated rings. The topological polar surface area (TPSA) is 80.8 Å². The van der Waals surface area contributed by atoms with E-state index in [-0.39, 0.29) is 5.92 Å². The second kappa shape index (κ2) is 6.45. The van der Waals surface area contributed by atoms with Crippen molar-refractivity contribution in [1.29, 1.82) is 0 Å². The molecule has 1 saturated heterocycles. The number of aromatic nitrogens is 5. The number of rotatable bonds is 4. The lowest BCUT2D eigenvalue weighted by atomic mass is 10.1. The third-order valence-corrected chi connectivity index (χ3v) is 4.20. The average molecular weight is 322 g/mol. The molecular formula is C17H18N6O. The summed E-state index contributed by atoms with van der Waals surface area (Å²) in [5.41, 5.74) is 1.92. The van der Waals surface area contributed by atoms with Crippen LogP contribution in [0.25, 0.3) is 11.4 Å². The van der Waals surface area contributed by atoms with Crippen LogP contribution in [0.15, 0.2) is 41.3 Å². The lowest BCUT2D eigenvalue weighted by Crippen LogP contribution is -2.20. The van der Waals surface area contributed by atoms with Crippen molar-refractivity contribution >= 4 is 0 Å². The van der Waals surface area contributed by atoms with Gasteiger partial charge in [0.25, 0.3) is 0 Å². The van der Waals surface area contributed by atoms with Crippen molar-refractivity contribution in [1.82, 2.24) is 30.0 Å². The molecule has 7 nitrogen and oxygen atoms in total. The molecule has 0 unspecified atom stereocenters. The van der Waals surface area contributed by atoms with Crippen LogP contribution in [0.4, 0.5) is 0 Å². The fourth-order valence-electron chi connectivity index (χ4n) is 3.01. The molecular weight excluding hydrogens is 304 g/mol. The number of hydrogen-bond donors (Lipinski definition) is 0. The number of likely N-dealkylation sites (tertiary alicyclic amines) is 1. The van der Waals surface area contributed by atoms with Gasteiger partial charge in [-0.15, -0.1) is 0 Å². The second-order valence-corrected chi connectivity index (χ2v) is 6.01. The van der Waals surface area contributed by atoms with Crippen molar-refractivity contribution in [3.05, 3.63) is 54.2 Å². The first-order chi connectivity index (χ1) is 11.8. The van der Waals surface area contributed by atoms with Gasteiger partial charge >= 0.3 is 0 Å². The van der Waals surface area contributed by atoms with Crippen molar-refractivity contribution in [3.8, 4) is 11.4 Å². The number of aryl methyl sites for hydroxylation is 1. The first kappa shape index (κ1) is 14.9. The molecule has 4 heterocycles. The van der Waals surface area contributed by atoms with E-state index >= 15 is 0 Å². The predicted molar refractivity (Wildman–Crippen MR) is 86.9 cm³/mol. The maximum Gasteiger partial charge on any atom is 0.231 e. The van der Waals surface area contributed by atoms with Gasteiger partial charge in [0, 0.05) is 37.2 Å². The molecule has 0 aliphatic carbocycles. The Balaban J connectivity index is 1.43. The zero-order chi connectivity index (χ0) is 16.4. The molecule has 3 aromatic rings. The minimum Gasteiger partial charge on any atom is -0.339 e. The fraction of sp³-hybridized carbons (Fsp3) is 0.353. The van der Waals surface area contributed by atoms with Crippen LogP contribution < -0.4 is 0 Å². The molecule has 0 saturated carbocycles. The second-order valence-electron chi connectivity index (χ2n) is 6.01. The van der Waals surface area contributed by atoms with Crippen LogP contribution in [-0.4, -0.2) is 43.1 Å². The molecule has 24 heavy (non-hydrogen) atoms. The SMILES string of the molecule is Cc1nccc(CN2CC[C@H](c3nc(-c4cccnc4)no3)C2)n1. The Labute approximate surface area is 139 Å². The molecule has 3 aromatic heterocycles. The molecule has 1 atom stereocenters. The minimum absolute atomic E-state index is 0.269. The lowest BCUT2D eigenvalue weighted by molar-refractivity contribution is 0.306. The van der Waals surface area contributed by atoms with Crippen molar-refractivity contribution in [2.24, 2.45) is 0 Å². The molecule has 7 heteroatoms. The number of hydrogen-bond acceptors (Lipinski definition) is 7. The molecule has 0 radical (unpaired) electrons. The highest BCUT2D eigenvalue weighted by atomic mass is 16.5.